The molecule has 1 aliphatic heterocycles. The molecule has 1 aliphatic rings. The summed E-state index contributed by atoms with van der Waals surface area (Å²) in [6, 6.07) is 9.39. The van der Waals surface area contributed by atoms with Crippen LogP contribution in [0.5, 0.6) is 0 Å². The van der Waals surface area contributed by atoms with E-state index in [0.29, 0.717) is 22.4 Å². The standard InChI is InChI=1S/C18H21ClN4O/c1-2-13-7-5-6-10-23(13)17-11-16(20-12-21-17)18(24)22-15-9-4-3-8-14(15)19/h3-4,8-9,11-13H,2,5-7,10H2,1H3,(H,22,24). The van der Waals surface area contributed by atoms with Gasteiger partial charge in [0.2, 0.25) is 0 Å². The average Bonchev–Trinajstić information content (AvgIpc) is 2.63. The first-order valence-corrected chi connectivity index (χ1v) is 8.71. The summed E-state index contributed by atoms with van der Waals surface area (Å²) >= 11 is 6.09. The Morgan fingerprint density at radius 1 is 1.33 bits per heavy atom. The fourth-order valence-corrected chi connectivity index (χ4v) is 3.29. The van der Waals surface area contributed by atoms with Crippen LogP contribution in [0.15, 0.2) is 36.7 Å². The molecule has 1 aromatic carbocycles. The van der Waals surface area contributed by atoms with Crippen molar-refractivity contribution in [2.24, 2.45) is 0 Å². The topological polar surface area (TPSA) is 58.1 Å². The van der Waals surface area contributed by atoms with Gasteiger partial charge in [0.1, 0.15) is 17.8 Å². The summed E-state index contributed by atoms with van der Waals surface area (Å²) < 4.78 is 0. The van der Waals surface area contributed by atoms with Crippen LogP contribution in [0.2, 0.25) is 5.02 Å². The van der Waals surface area contributed by atoms with Gasteiger partial charge in [-0.1, -0.05) is 30.7 Å². The molecule has 1 unspecified atom stereocenters. The maximum atomic E-state index is 12.5. The summed E-state index contributed by atoms with van der Waals surface area (Å²) in [4.78, 5) is 23.3. The SMILES string of the molecule is CCC1CCCCN1c1cc(C(=O)Nc2ccccc2Cl)ncn1. The van der Waals surface area contributed by atoms with Crippen LogP contribution in [0.1, 0.15) is 43.1 Å². The van der Waals surface area contributed by atoms with E-state index in [9.17, 15) is 4.79 Å². The number of halogens is 1. The van der Waals surface area contributed by atoms with E-state index in [0.717, 1.165) is 25.2 Å². The molecule has 1 atom stereocenters. The summed E-state index contributed by atoms with van der Waals surface area (Å²) in [7, 11) is 0. The number of hydrogen-bond acceptors (Lipinski definition) is 4. The van der Waals surface area contributed by atoms with Crippen LogP contribution in [-0.2, 0) is 0 Å². The predicted octanol–water partition coefficient (Wildman–Crippen LogP) is 4.15. The third-order valence-electron chi connectivity index (χ3n) is 4.40. The largest absolute Gasteiger partial charge is 0.354 e. The van der Waals surface area contributed by atoms with Gasteiger partial charge >= 0.3 is 0 Å². The van der Waals surface area contributed by atoms with Crippen molar-refractivity contribution in [2.45, 2.75) is 38.6 Å². The number of rotatable bonds is 4. The van der Waals surface area contributed by atoms with Crippen LogP contribution in [0, 0.1) is 0 Å². The second kappa shape index (κ2) is 7.62. The van der Waals surface area contributed by atoms with E-state index < -0.39 is 0 Å². The van der Waals surface area contributed by atoms with Crippen LogP contribution < -0.4 is 10.2 Å². The minimum atomic E-state index is -0.281. The van der Waals surface area contributed by atoms with Crippen LogP contribution in [0.4, 0.5) is 11.5 Å². The lowest BCUT2D eigenvalue weighted by molar-refractivity contribution is 0.102. The van der Waals surface area contributed by atoms with Crippen molar-refractivity contribution < 1.29 is 4.79 Å². The maximum absolute atomic E-state index is 12.5. The highest BCUT2D eigenvalue weighted by Crippen LogP contribution is 2.25. The molecule has 1 saturated heterocycles. The summed E-state index contributed by atoms with van der Waals surface area (Å²) in [5.74, 6) is 0.540. The molecule has 6 heteroatoms. The Morgan fingerprint density at radius 2 is 2.17 bits per heavy atom. The zero-order valence-electron chi connectivity index (χ0n) is 13.7. The van der Waals surface area contributed by atoms with Gasteiger partial charge in [0.05, 0.1) is 10.7 Å². The molecular weight excluding hydrogens is 324 g/mol. The van der Waals surface area contributed by atoms with Gasteiger partial charge in [-0.25, -0.2) is 9.97 Å². The second-order valence-corrected chi connectivity index (χ2v) is 6.35. The first-order valence-electron chi connectivity index (χ1n) is 8.33. The molecule has 1 aromatic heterocycles. The summed E-state index contributed by atoms with van der Waals surface area (Å²) in [5, 5.41) is 3.30. The first-order chi connectivity index (χ1) is 11.7. The van der Waals surface area contributed by atoms with Crippen molar-refractivity contribution in [3.63, 3.8) is 0 Å². The monoisotopic (exact) mass is 344 g/mol. The molecule has 24 heavy (non-hydrogen) atoms. The van der Waals surface area contributed by atoms with Crippen molar-refractivity contribution in [2.75, 3.05) is 16.8 Å². The van der Waals surface area contributed by atoms with Crippen LogP contribution in [0.3, 0.4) is 0 Å². The molecule has 0 spiro atoms. The average molecular weight is 345 g/mol. The van der Waals surface area contributed by atoms with Gasteiger partial charge in [-0.2, -0.15) is 0 Å². The lowest BCUT2D eigenvalue weighted by atomic mass is 10.00. The van der Waals surface area contributed by atoms with Gasteiger partial charge in [-0.3, -0.25) is 4.79 Å². The molecule has 1 N–H and O–H groups in total. The Hall–Kier alpha value is -2.14. The smallest absolute Gasteiger partial charge is 0.274 e. The molecule has 2 aromatic rings. The second-order valence-electron chi connectivity index (χ2n) is 5.95. The van der Waals surface area contributed by atoms with Crippen LogP contribution in [0.25, 0.3) is 0 Å². The normalized spacial score (nSPS) is 17.6. The van der Waals surface area contributed by atoms with Crippen molar-refractivity contribution in [1.82, 2.24) is 9.97 Å². The molecule has 5 nitrogen and oxygen atoms in total. The molecule has 0 radical (unpaired) electrons. The van der Waals surface area contributed by atoms with Gasteiger partial charge in [-0.05, 0) is 37.8 Å². The van der Waals surface area contributed by atoms with E-state index in [1.807, 2.05) is 12.1 Å². The van der Waals surface area contributed by atoms with Gasteiger partial charge in [-0.15, -0.1) is 0 Å². The Bertz CT molecular complexity index is 722. The molecule has 0 bridgehead atoms. The van der Waals surface area contributed by atoms with E-state index in [1.54, 1.807) is 18.2 Å². The maximum Gasteiger partial charge on any atom is 0.274 e. The number of aromatic nitrogens is 2. The number of carbonyl (C=O) groups is 1. The number of nitrogens with zero attached hydrogens (tertiary/aromatic N) is 3. The molecule has 3 rings (SSSR count). The van der Waals surface area contributed by atoms with E-state index in [-0.39, 0.29) is 5.91 Å². The molecule has 0 saturated carbocycles. The third-order valence-corrected chi connectivity index (χ3v) is 4.73. The molecule has 1 fully saturated rings. The molecule has 0 aliphatic carbocycles. The fraction of sp³-hybridized carbons (Fsp3) is 0.389. The number of benzene rings is 1. The van der Waals surface area contributed by atoms with Crippen molar-refractivity contribution in [3.8, 4) is 0 Å². The van der Waals surface area contributed by atoms with E-state index in [2.05, 4.69) is 27.1 Å². The van der Waals surface area contributed by atoms with Crippen molar-refractivity contribution >= 4 is 29.0 Å². The third kappa shape index (κ3) is 3.67. The molecular formula is C18H21ClN4O. The zero-order chi connectivity index (χ0) is 16.9. The molecule has 1 amide bonds. The number of amides is 1. The minimum Gasteiger partial charge on any atom is -0.354 e. The van der Waals surface area contributed by atoms with Gasteiger partial charge in [0.15, 0.2) is 0 Å². The predicted molar refractivity (Wildman–Crippen MR) is 96.7 cm³/mol. The number of carbonyl (C=O) groups excluding carboxylic acids is 1. The number of piperidine rings is 1. The Labute approximate surface area is 147 Å². The van der Waals surface area contributed by atoms with Crippen LogP contribution >= 0.6 is 11.6 Å². The highest BCUT2D eigenvalue weighted by atomic mass is 35.5. The lowest BCUT2D eigenvalue weighted by Gasteiger charge is -2.36. The fourth-order valence-electron chi connectivity index (χ4n) is 3.10. The zero-order valence-corrected chi connectivity index (χ0v) is 14.5. The van der Waals surface area contributed by atoms with E-state index in [4.69, 9.17) is 11.6 Å². The quantitative estimate of drug-likeness (QED) is 0.905. The number of hydrogen-bond donors (Lipinski definition) is 1. The summed E-state index contributed by atoms with van der Waals surface area (Å²) in [6.45, 7) is 3.16. The van der Waals surface area contributed by atoms with Gasteiger partial charge in [0, 0.05) is 18.7 Å². The molecule has 2 heterocycles. The number of anilines is 2. The minimum absolute atomic E-state index is 0.281. The van der Waals surface area contributed by atoms with Gasteiger partial charge < -0.3 is 10.2 Å². The summed E-state index contributed by atoms with van der Waals surface area (Å²) in [5.41, 5.74) is 0.925. The first kappa shape index (κ1) is 16.7. The Kier molecular flexibility index (Phi) is 5.30. The van der Waals surface area contributed by atoms with E-state index >= 15 is 0 Å². The highest BCUT2D eigenvalue weighted by Gasteiger charge is 2.23. The van der Waals surface area contributed by atoms with Gasteiger partial charge in [0.25, 0.3) is 5.91 Å². The highest BCUT2D eigenvalue weighted by molar-refractivity contribution is 6.33. The Balaban J connectivity index is 1.79. The lowest BCUT2D eigenvalue weighted by Crippen LogP contribution is -2.39. The van der Waals surface area contributed by atoms with E-state index in [1.165, 1.54) is 19.2 Å². The Morgan fingerprint density at radius 3 is 2.96 bits per heavy atom. The van der Waals surface area contributed by atoms with Crippen LogP contribution in [-0.4, -0.2) is 28.5 Å². The van der Waals surface area contributed by atoms with Crippen molar-refractivity contribution in [3.05, 3.63) is 47.4 Å². The number of nitrogens with one attached hydrogen (secondary N) is 1. The summed E-state index contributed by atoms with van der Waals surface area (Å²) in [6.07, 6.45) is 6.10. The number of para-hydroxylation sites is 1. The molecule has 126 valence electrons. The van der Waals surface area contributed by atoms with Crippen molar-refractivity contribution in [1.29, 1.82) is 0 Å².